The molecule has 0 bridgehead atoms. The predicted octanol–water partition coefficient (Wildman–Crippen LogP) is 3.77. The molecule has 0 aliphatic carbocycles. The van der Waals surface area contributed by atoms with Gasteiger partial charge in [0.25, 0.3) is 0 Å². The van der Waals surface area contributed by atoms with E-state index in [1.165, 1.54) is 12.1 Å². The zero-order valence-electron chi connectivity index (χ0n) is 11.0. The van der Waals surface area contributed by atoms with Crippen molar-refractivity contribution < 1.29 is 4.39 Å². The Hall–Kier alpha value is -1.47. The summed E-state index contributed by atoms with van der Waals surface area (Å²) < 4.78 is 14.0. The third-order valence-corrected chi connectivity index (χ3v) is 4.02. The van der Waals surface area contributed by atoms with Crippen molar-refractivity contribution in [3.8, 4) is 0 Å². The van der Waals surface area contributed by atoms with E-state index >= 15 is 0 Å². The molecule has 1 aromatic carbocycles. The van der Waals surface area contributed by atoms with Crippen molar-refractivity contribution in [2.45, 2.75) is 12.8 Å². The van der Waals surface area contributed by atoms with E-state index in [0.29, 0.717) is 22.1 Å². The van der Waals surface area contributed by atoms with Gasteiger partial charge in [-0.15, -0.1) is 0 Å². The van der Waals surface area contributed by atoms with Crippen molar-refractivity contribution in [1.82, 2.24) is 15.0 Å². The first-order chi connectivity index (χ1) is 10.1. The molecule has 0 unspecified atom stereocenters. The van der Waals surface area contributed by atoms with Crippen LogP contribution in [0.5, 0.6) is 0 Å². The SMILES string of the molecule is Fc1ccc(Br)c(Nc2nc(Cl)nc(N3CCCC3)n2)c1. The van der Waals surface area contributed by atoms with E-state index in [2.05, 4.69) is 41.1 Å². The molecule has 0 saturated carbocycles. The molecule has 1 N–H and O–H groups in total. The highest BCUT2D eigenvalue weighted by atomic mass is 79.9. The highest BCUT2D eigenvalue weighted by molar-refractivity contribution is 9.10. The minimum Gasteiger partial charge on any atom is -0.341 e. The van der Waals surface area contributed by atoms with E-state index in [4.69, 9.17) is 11.6 Å². The van der Waals surface area contributed by atoms with E-state index in [9.17, 15) is 4.39 Å². The van der Waals surface area contributed by atoms with Gasteiger partial charge in [0.2, 0.25) is 17.2 Å². The average Bonchev–Trinajstić information content (AvgIpc) is 2.96. The topological polar surface area (TPSA) is 53.9 Å². The van der Waals surface area contributed by atoms with Crippen LogP contribution in [-0.4, -0.2) is 28.0 Å². The van der Waals surface area contributed by atoms with Crippen LogP contribution in [-0.2, 0) is 0 Å². The van der Waals surface area contributed by atoms with E-state index in [0.717, 1.165) is 25.9 Å². The van der Waals surface area contributed by atoms with Crippen LogP contribution >= 0.6 is 27.5 Å². The molecular formula is C13H12BrClFN5. The molecule has 0 radical (unpaired) electrons. The van der Waals surface area contributed by atoms with Crippen LogP contribution in [0, 0.1) is 5.82 Å². The fourth-order valence-electron chi connectivity index (χ4n) is 2.17. The van der Waals surface area contributed by atoms with Gasteiger partial charge in [0.05, 0.1) is 5.69 Å². The fourth-order valence-corrected chi connectivity index (χ4v) is 2.67. The van der Waals surface area contributed by atoms with Gasteiger partial charge < -0.3 is 10.2 Å². The van der Waals surface area contributed by atoms with Crippen LogP contribution in [0.2, 0.25) is 5.28 Å². The van der Waals surface area contributed by atoms with Crippen molar-refractivity contribution in [2.24, 2.45) is 0 Å². The van der Waals surface area contributed by atoms with Crippen LogP contribution in [0.25, 0.3) is 0 Å². The first-order valence-corrected chi connectivity index (χ1v) is 7.67. The minimum atomic E-state index is -0.347. The molecule has 8 heteroatoms. The molecule has 0 atom stereocenters. The van der Waals surface area contributed by atoms with E-state index in [1.807, 2.05) is 0 Å². The summed E-state index contributed by atoms with van der Waals surface area (Å²) in [6.45, 7) is 1.81. The van der Waals surface area contributed by atoms with Crippen LogP contribution in [0.1, 0.15) is 12.8 Å². The number of benzene rings is 1. The minimum absolute atomic E-state index is 0.113. The summed E-state index contributed by atoms with van der Waals surface area (Å²) in [5.41, 5.74) is 0.532. The van der Waals surface area contributed by atoms with Gasteiger partial charge in [-0.2, -0.15) is 15.0 Å². The van der Waals surface area contributed by atoms with Crippen LogP contribution in [0.3, 0.4) is 0 Å². The Bertz CT molecular complexity index is 663. The Labute approximate surface area is 134 Å². The third kappa shape index (κ3) is 3.41. The van der Waals surface area contributed by atoms with E-state index in [1.54, 1.807) is 6.07 Å². The van der Waals surface area contributed by atoms with Gasteiger partial charge in [-0.1, -0.05) is 0 Å². The van der Waals surface area contributed by atoms with Crippen molar-refractivity contribution >= 4 is 45.1 Å². The summed E-state index contributed by atoms with van der Waals surface area (Å²) in [4.78, 5) is 14.6. The lowest BCUT2D eigenvalue weighted by atomic mass is 10.3. The quantitative estimate of drug-likeness (QED) is 0.889. The molecule has 3 rings (SSSR count). The first kappa shape index (κ1) is 14.5. The molecule has 1 aromatic heterocycles. The molecule has 21 heavy (non-hydrogen) atoms. The van der Waals surface area contributed by atoms with Crippen LogP contribution in [0.4, 0.5) is 22.0 Å². The monoisotopic (exact) mass is 371 g/mol. The average molecular weight is 373 g/mol. The maximum atomic E-state index is 13.3. The fraction of sp³-hybridized carbons (Fsp3) is 0.308. The largest absolute Gasteiger partial charge is 0.341 e. The summed E-state index contributed by atoms with van der Waals surface area (Å²) >= 11 is 9.30. The zero-order chi connectivity index (χ0) is 14.8. The summed E-state index contributed by atoms with van der Waals surface area (Å²) in [5, 5.41) is 3.07. The standard InChI is InChI=1S/C13H12BrClFN5/c14-9-4-3-8(16)7-10(9)17-12-18-11(15)19-13(20-12)21-5-1-2-6-21/h3-4,7H,1-2,5-6H2,(H,17,18,19,20). The number of nitrogens with one attached hydrogen (secondary N) is 1. The normalized spacial score (nSPS) is 14.5. The van der Waals surface area contributed by atoms with Gasteiger partial charge in [0.1, 0.15) is 5.82 Å². The molecule has 0 spiro atoms. The van der Waals surface area contributed by atoms with Gasteiger partial charge in [0, 0.05) is 17.6 Å². The summed E-state index contributed by atoms with van der Waals surface area (Å²) in [6.07, 6.45) is 2.23. The number of rotatable bonds is 3. The van der Waals surface area contributed by atoms with Gasteiger partial charge >= 0.3 is 0 Å². The first-order valence-electron chi connectivity index (χ1n) is 6.50. The number of nitrogens with zero attached hydrogens (tertiary/aromatic N) is 4. The maximum Gasteiger partial charge on any atom is 0.233 e. The van der Waals surface area contributed by atoms with Crippen LogP contribution < -0.4 is 10.2 Å². The molecule has 2 aromatic rings. The molecule has 1 fully saturated rings. The van der Waals surface area contributed by atoms with Crippen molar-refractivity contribution in [3.05, 3.63) is 33.8 Å². The third-order valence-electron chi connectivity index (χ3n) is 3.16. The second-order valence-electron chi connectivity index (χ2n) is 4.67. The van der Waals surface area contributed by atoms with Gasteiger partial charge in [0.15, 0.2) is 0 Å². The Morgan fingerprint density at radius 3 is 2.71 bits per heavy atom. The number of hydrogen-bond acceptors (Lipinski definition) is 5. The second kappa shape index (κ2) is 6.11. The zero-order valence-corrected chi connectivity index (χ0v) is 13.3. The lowest BCUT2D eigenvalue weighted by Gasteiger charge is -2.16. The smallest absolute Gasteiger partial charge is 0.233 e. The van der Waals surface area contributed by atoms with Gasteiger partial charge in [-0.3, -0.25) is 0 Å². The number of halogens is 3. The Morgan fingerprint density at radius 2 is 1.95 bits per heavy atom. The summed E-state index contributed by atoms with van der Waals surface area (Å²) in [6, 6.07) is 4.34. The maximum absolute atomic E-state index is 13.3. The number of aromatic nitrogens is 3. The Morgan fingerprint density at radius 1 is 1.19 bits per heavy atom. The molecular weight excluding hydrogens is 361 g/mol. The van der Waals surface area contributed by atoms with Gasteiger partial charge in [-0.25, -0.2) is 4.39 Å². The highest BCUT2D eigenvalue weighted by Gasteiger charge is 2.17. The van der Waals surface area contributed by atoms with E-state index < -0.39 is 0 Å². The highest BCUT2D eigenvalue weighted by Crippen LogP contribution is 2.26. The van der Waals surface area contributed by atoms with Crippen molar-refractivity contribution in [3.63, 3.8) is 0 Å². The predicted molar refractivity (Wildman–Crippen MR) is 83.7 cm³/mol. The molecule has 0 amide bonds. The van der Waals surface area contributed by atoms with E-state index in [-0.39, 0.29) is 11.1 Å². The molecule has 2 heterocycles. The lowest BCUT2D eigenvalue weighted by molar-refractivity contribution is 0.628. The number of anilines is 3. The van der Waals surface area contributed by atoms with Crippen LogP contribution in [0.15, 0.2) is 22.7 Å². The molecule has 110 valence electrons. The Kier molecular flexibility index (Phi) is 4.21. The van der Waals surface area contributed by atoms with Gasteiger partial charge in [-0.05, 0) is 58.6 Å². The molecule has 1 aliphatic heterocycles. The molecule has 5 nitrogen and oxygen atoms in total. The summed E-state index contributed by atoms with van der Waals surface area (Å²) in [5.74, 6) is 0.492. The van der Waals surface area contributed by atoms with Crippen molar-refractivity contribution in [1.29, 1.82) is 0 Å². The number of hydrogen-bond donors (Lipinski definition) is 1. The molecule has 1 saturated heterocycles. The summed E-state index contributed by atoms with van der Waals surface area (Å²) in [7, 11) is 0. The second-order valence-corrected chi connectivity index (χ2v) is 5.86. The molecule has 1 aliphatic rings. The lowest BCUT2D eigenvalue weighted by Crippen LogP contribution is -2.21. The Balaban J connectivity index is 1.89. The van der Waals surface area contributed by atoms with Crippen molar-refractivity contribution in [2.75, 3.05) is 23.3 Å².